The van der Waals surface area contributed by atoms with Crippen molar-refractivity contribution in [2.45, 2.75) is 31.8 Å². The van der Waals surface area contributed by atoms with Crippen molar-refractivity contribution < 1.29 is 19.0 Å². The third-order valence-corrected chi connectivity index (χ3v) is 5.08. The monoisotopic (exact) mass is 357 g/mol. The van der Waals surface area contributed by atoms with Gasteiger partial charge in [-0.1, -0.05) is 6.07 Å². The molecule has 1 fully saturated rings. The summed E-state index contributed by atoms with van der Waals surface area (Å²) in [6.45, 7) is 3.96. The number of esters is 1. The van der Waals surface area contributed by atoms with Gasteiger partial charge in [0.25, 0.3) is 0 Å². The number of carbonyl (C=O) groups is 1. The molecule has 7 nitrogen and oxygen atoms in total. The number of ether oxygens (including phenoxy) is 3. The maximum absolute atomic E-state index is 12.7. The van der Waals surface area contributed by atoms with Gasteiger partial charge in [0.1, 0.15) is 0 Å². The maximum atomic E-state index is 12.7. The second-order valence-electron chi connectivity index (χ2n) is 6.57. The molecule has 0 unspecified atom stereocenters. The van der Waals surface area contributed by atoms with Crippen LogP contribution in [0, 0.1) is 5.92 Å². The quantitative estimate of drug-likeness (QED) is 0.797. The third kappa shape index (κ3) is 3.26. The van der Waals surface area contributed by atoms with Crippen molar-refractivity contribution >= 4 is 5.97 Å². The van der Waals surface area contributed by atoms with Gasteiger partial charge in [0.2, 0.25) is 6.79 Å². The van der Waals surface area contributed by atoms with Crippen LogP contribution in [-0.2, 0) is 16.1 Å². The van der Waals surface area contributed by atoms with Crippen LogP contribution >= 0.6 is 0 Å². The zero-order valence-corrected chi connectivity index (χ0v) is 14.8. The van der Waals surface area contributed by atoms with Crippen molar-refractivity contribution in [3.8, 4) is 11.5 Å². The second-order valence-corrected chi connectivity index (χ2v) is 6.57. The summed E-state index contributed by atoms with van der Waals surface area (Å²) in [5.74, 6) is 1.16. The number of aryl methyl sites for hydroxylation is 1. The number of aromatic nitrogens is 2. The van der Waals surface area contributed by atoms with Gasteiger partial charge < -0.3 is 19.5 Å². The van der Waals surface area contributed by atoms with Gasteiger partial charge in [0, 0.05) is 37.4 Å². The van der Waals surface area contributed by atoms with Crippen LogP contribution in [-0.4, -0.2) is 41.7 Å². The topological polar surface area (TPSA) is 74.6 Å². The highest BCUT2D eigenvalue weighted by molar-refractivity contribution is 5.75. The number of hydrogen-bond donors (Lipinski definition) is 1. The zero-order valence-electron chi connectivity index (χ0n) is 14.8. The van der Waals surface area contributed by atoms with E-state index in [2.05, 4.69) is 10.4 Å². The van der Waals surface area contributed by atoms with Crippen molar-refractivity contribution in [2.75, 3.05) is 19.9 Å². The standard InChI is InChI=1S/C19H23N3O4/c1-2-24-19(23)18-14(13-4-5-16-17(10-13)26-12-25-16)11-20-15(18)6-9-22-8-3-7-21-22/h3-5,7-8,10,14-15,18,20H,2,6,9,11-12H2,1H3/t14-,15+,18-/m1/s1. The molecule has 2 aliphatic heterocycles. The number of rotatable bonds is 6. The van der Waals surface area contributed by atoms with E-state index in [0.29, 0.717) is 6.61 Å². The highest BCUT2D eigenvalue weighted by Gasteiger charge is 2.42. The van der Waals surface area contributed by atoms with Gasteiger partial charge in [-0.05, 0) is 37.1 Å². The van der Waals surface area contributed by atoms with Crippen LogP contribution in [0.3, 0.4) is 0 Å². The zero-order chi connectivity index (χ0) is 17.9. The van der Waals surface area contributed by atoms with Gasteiger partial charge >= 0.3 is 5.97 Å². The number of benzene rings is 1. The first-order valence-corrected chi connectivity index (χ1v) is 9.03. The molecule has 0 aliphatic carbocycles. The second kappa shape index (κ2) is 7.37. The average Bonchev–Trinajstić information content (AvgIpc) is 3.38. The summed E-state index contributed by atoms with van der Waals surface area (Å²) in [6, 6.07) is 7.87. The lowest BCUT2D eigenvalue weighted by Crippen LogP contribution is -2.34. The molecule has 1 N–H and O–H groups in total. The minimum absolute atomic E-state index is 0.0474. The van der Waals surface area contributed by atoms with Gasteiger partial charge in [-0.3, -0.25) is 9.48 Å². The van der Waals surface area contributed by atoms with Crippen molar-refractivity contribution in [3.05, 3.63) is 42.2 Å². The van der Waals surface area contributed by atoms with Crippen LogP contribution < -0.4 is 14.8 Å². The van der Waals surface area contributed by atoms with Crippen molar-refractivity contribution in [1.82, 2.24) is 15.1 Å². The molecule has 2 aliphatic rings. The first-order valence-electron chi connectivity index (χ1n) is 9.03. The highest BCUT2D eigenvalue weighted by Crippen LogP contribution is 2.40. The van der Waals surface area contributed by atoms with Gasteiger partial charge in [0.15, 0.2) is 11.5 Å². The highest BCUT2D eigenvalue weighted by atomic mass is 16.7. The smallest absolute Gasteiger partial charge is 0.311 e. The van der Waals surface area contributed by atoms with Crippen molar-refractivity contribution in [2.24, 2.45) is 5.92 Å². The molecule has 0 spiro atoms. The summed E-state index contributed by atoms with van der Waals surface area (Å²) in [5, 5.41) is 7.75. The molecule has 3 heterocycles. The Morgan fingerprint density at radius 1 is 1.38 bits per heavy atom. The molecule has 138 valence electrons. The van der Waals surface area contributed by atoms with Gasteiger partial charge in [-0.15, -0.1) is 0 Å². The Bertz CT molecular complexity index is 762. The van der Waals surface area contributed by atoms with Crippen LogP contribution in [0.5, 0.6) is 11.5 Å². The number of nitrogens with zero attached hydrogens (tertiary/aromatic N) is 2. The first-order chi connectivity index (χ1) is 12.8. The Labute approximate surface area is 152 Å². The van der Waals surface area contributed by atoms with E-state index < -0.39 is 0 Å². The van der Waals surface area contributed by atoms with Gasteiger partial charge in [0.05, 0.1) is 12.5 Å². The molecule has 0 amide bonds. The molecule has 0 bridgehead atoms. The van der Waals surface area contributed by atoms with E-state index in [9.17, 15) is 4.79 Å². The van der Waals surface area contributed by atoms with Crippen LogP contribution in [0.2, 0.25) is 0 Å². The van der Waals surface area contributed by atoms with E-state index >= 15 is 0 Å². The summed E-state index contributed by atoms with van der Waals surface area (Å²) >= 11 is 0. The predicted octanol–water partition coefficient (Wildman–Crippen LogP) is 1.94. The Kier molecular flexibility index (Phi) is 4.79. The molecule has 0 saturated carbocycles. The van der Waals surface area contributed by atoms with Crippen LogP contribution in [0.15, 0.2) is 36.7 Å². The number of hydrogen-bond acceptors (Lipinski definition) is 6. The van der Waals surface area contributed by atoms with Crippen molar-refractivity contribution in [1.29, 1.82) is 0 Å². The van der Waals surface area contributed by atoms with E-state index in [1.54, 1.807) is 6.20 Å². The van der Waals surface area contributed by atoms with E-state index in [0.717, 1.165) is 36.6 Å². The van der Waals surface area contributed by atoms with E-state index in [1.807, 2.05) is 42.1 Å². The maximum Gasteiger partial charge on any atom is 0.311 e. The molecule has 0 radical (unpaired) electrons. The molecule has 1 aromatic heterocycles. The normalized spacial score (nSPS) is 24.0. The fourth-order valence-corrected chi connectivity index (χ4v) is 3.83. The number of fused-ring (bicyclic) bond motifs is 1. The summed E-state index contributed by atoms with van der Waals surface area (Å²) < 4.78 is 18.2. The fourth-order valence-electron chi connectivity index (χ4n) is 3.83. The molecule has 4 rings (SSSR count). The summed E-state index contributed by atoms with van der Waals surface area (Å²) in [6.07, 6.45) is 4.51. The van der Waals surface area contributed by atoms with Gasteiger partial charge in [-0.25, -0.2) is 0 Å². The molecular formula is C19H23N3O4. The summed E-state index contributed by atoms with van der Waals surface area (Å²) in [5.41, 5.74) is 1.07. The number of carbonyl (C=O) groups excluding carboxylic acids is 1. The lowest BCUT2D eigenvalue weighted by atomic mass is 9.84. The molecule has 1 aromatic carbocycles. The van der Waals surface area contributed by atoms with Crippen LogP contribution in [0.1, 0.15) is 24.8 Å². The van der Waals surface area contributed by atoms with Crippen LogP contribution in [0.4, 0.5) is 0 Å². The largest absolute Gasteiger partial charge is 0.466 e. The van der Waals surface area contributed by atoms with Crippen molar-refractivity contribution in [3.63, 3.8) is 0 Å². The Hall–Kier alpha value is -2.54. The molecule has 2 aromatic rings. The summed E-state index contributed by atoms with van der Waals surface area (Å²) in [4.78, 5) is 12.7. The third-order valence-electron chi connectivity index (χ3n) is 5.08. The van der Waals surface area contributed by atoms with E-state index in [-0.39, 0.29) is 30.6 Å². The molecule has 1 saturated heterocycles. The lowest BCUT2D eigenvalue weighted by Gasteiger charge is -2.23. The Morgan fingerprint density at radius 2 is 2.27 bits per heavy atom. The minimum atomic E-state index is -0.231. The van der Waals surface area contributed by atoms with E-state index in [1.165, 1.54) is 0 Å². The van der Waals surface area contributed by atoms with E-state index in [4.69, 9.17) is 14.2 Å². The van der Waals surface area contributed by atoms with Crippen LogP contribution in [0.25, 0.3) is 0 Å². The molecule has 3 atom stereocenters. The minimum Gasteiger partial charge on any atom is -0.466 e. The predicted molar refractivity (Wildman–Crippen MR) is 94.1 cm³/mol. The average molecular weight is 357 g/mol. The molecular weight excluding hydrogens is 334 g/mol. The lowest BCUT2D eigenvalue weighted by molar-refractivity contribution is -0.148. The van der Waals surface area contributed by atoms with Gasteiger partial charge in [-0.2, -0.15) is 5.10 Å². The Morgan fingerprint density at radius 3 is 3.08 bits per heavy atom. The number of nitrogens with one attached hydrogen (secondary N) is 1. The fraction of sp³-hybridized carbons (Fsp3) is 0.474. The first kappa shape index (κ1) is 16.9. The molecule has 26 heavy (non-hydrogen) atoms. The SMILES string of the molecule is CCOC(=O)[C@H]1[C@H](CCn2cccn2)NC[C@@H]1c1ccc2c(c1)OCO2. The summed E-state index contributed by atoms with van der Waals surface area (Å²) in [7, 11) is 0. The molecule has 7 heteroatoms. The Balaban J connectivity index is 1.54.